The highest BCUT2D eigenvalue weighted by Gasteiger charge is 2.18. The Morgan fingerprint density at radius 1 is 0.912 bits per heavy atom. The Morgan fingerprint density at radius 2 is 1.62 bits per heavy atom. The summed E-state index contributed by atoms with van der Waals surface area (Å²) in [5.74, 6) is 0.233. The molecule has 0 bridgehead atoms. The quantitative estimate of drug-likeness (QED) is 0.221. The van der Waals surface area contributed by atoms with Gasteiger partial charge in [-0.25, -0.2) is 4.98 Å². The summed E-state index contributed by atoms with van der Waals surface area (Å²) in [7, 11) is 0. The monoisotopic (exact) mass is 520 g/mol. The van der Waals surface area contributed by atoms with Crippen LogP contribution < -0.4 is 5.32 Å². The number of nitrogens with one attached hydrogen (secondary N) is 1. The minimum atomic E-state index is -0.0652. The van der Waals surface area contributed by atoms with Gasteiger partial charge in [-0.15, -0.1) is 21.5 Å². The van der Waals surface area contributed by atoms with Gasteiger partial charge in [0.05, 0.1) is 21.2 Å². The lowest BCUT2D eigenvalue weighted by atomic mass is 10.0. The van der Waals surface area contributed by atoms with Crippen molar-refractivity contribution in [1.29, 1.82) is 0 Å². The van der Waals surface area contributed by atoms with E-state index in [2.05, 4.69) is 64.0 Å². The maximum atomic E-state index is 12.4. The second-order valence-corrected chi connectivity index (χ2v) is 12.2. The van der Waals surface area contributed by atoms with E-state index in [9.17, 15) is 4.79 Å². The Hall–Kier alpha value is -2.72. The highest BCUT2D eigenvalue weighted by atomic mass is 32.2. The molecule has 0 atom stereocenters. The number of hydrogen-bond acceptors (Lipinski definition) is 8. The number of hydrogen-bond donors (Lipinski definition) is 1. The number of carbonyl (C=O) groups excluding carboxylic acids is 1. The third-order valence-electron chi connectivity index (χ3n) is 4.91. The van der Waals surface area contributed by atoms with Crippen molar-refractivity contribution in [3.63, 3.8) is 0 Å². The maximum absolute atomic E-state index is 12.4. The van der Waals surface area contributed by atoms with Gasteiger partial charge in [0.2, 0.25) is 5.91 Å². The number of aryl methyl sites for hydroxylation is 1. The van der Waals surface area contributed by atoms with Crippen LogP contribution in [-0.4, -0.2) is 26.8 Å². The highest BCUT2D eigenvalue weighted by Crippen LogP contribution is 2.43. The summed E-state index contributed by atoms with van der Waals surface area (Å²) in [6, 6.07) is 26.9. The van der Waals surface area contributed by atoms with Crippen LogP contribution in [0.5, 0.6) is 0 Å². The Kier molecular flexibility index (Phi) is 7.24. The SMILES string of the molecule is Cc1nnc(SCC(=O)Nc2ccc3nc(SC(c4ccccc4)c4ccccc4)sc3c2)s1. The van der Waals surface area contributed by atoms with Crippen LogP contribution in [0.15, 0.2) is 87.5 Å². The second kappa shape index (κ2) is 10.7. The number of fused-ring (bicyclic) bond motifs is 1. The first-order valence-corrected chi connectivity index (χ1v) is 14.0. The van der Waals surface area contributed by atoms with Gasteiger partial charge in [0.25, 0.3) is 0 Å². The molecule has 0 aliphatic heterocycles. The van der Waals surface area contributed by atoms with E-state index in [0.717, 1.165) is 29.6 Å². The largest absolute Gasteiger partial charge is 0.325 e. The number of amides is 1. The second-order valence-electron chi connectivity index (χ2n) is 7.41. The van der Waals surface area contributed by atoms with E-state index >= 15 is 0 Å². The van der Waals surface area contributed by atoms with Gasteiger partial charge in [-0.1, -0.05) is 95.5 Å². The smallest absolute Gasteiger partial charge is 0.234 e. The molecule has 0 spiro atoms. The molecule has 34 heavy (non-hydrogen) atoms. The van der Waals surface area contributed by atoms with E-state index in [1.165, 1.54) is 34.2 Å². The Labute approximate surface area is 214 Å². The first-order chi connectivity index (χ1) is 16.6. The molecule has 0 radical (unpaired) electrons. The Morgan fingerprint density at radius 3 is 2.26 bits per heavy atom. The van der Waals surface area contributed by atoms with Crippen molar-refractivity contribution in [3.8, 4) is 0 Å². The highest BCUT2D eigenvalue weighted by molar-refractivity contribution is 8.01. The molecule has 0 aliphatic carbocycles. The number of benzene rings is 3. The average Bonchev–Trinajstić information content (AvgIpc) is 3.47. The van der Waals surface area contributed by atoms with Crippen LogP contribution in [0.4, 0.5) is 5.69 Å². The molecule has 1 N–H and O–H groups in total. The number of thiazole rings is 1. The summed E-state index contributed by atoms with van der Waals surface area (Å²) < 4.78 is 2.85. The minimum absolute atomic E-state index is 0.0652. The van der Waals surface area contributed by atoms with Crippen LogP contribution in [0.1, 0.15) is 21.4 Å². The van der Waals surface area contributed by atoms with Crippen LogP contribution in [0.2, 0.25) is 0 Å². The topological polar surface area (TPSA) is 67.8 Å². The van der Waals surface area contributed by atoms with E-state index in [1.54, 1.807) is 23.1 Å². The zero-order chi connectivity index (χ0) is 23.3. The zero-order valence-corrected chi connectivity index (χ0v) is 21.4. The Bertz CT molecular complexity index is 1360. The molecule has 0 fully saturated rings. The van der Waals surface area contributed by atoms with E-state index in [-0.39, 0.29) is 11.2 Å². The van der Waals surface area contributed by atoms with Crippen LogP contribution in [-0.2, 0) is 4.79 Å². The van der Waals surface area contributed by atoms with Gasteiger partial charge in [0, 0.05) is 5.69 Å². The molecule has 5 aromatic rings. The summed E-state index contributed by atoms with van der Waals surface area (Å²) in [6.07, 6.45) is 0. The van der Waals surface area contributed by atoms with Crippen molar-refractivity contribution in [2.24, 2.45) is 0 Å². The molecule has 5 rings (SSSR count). The number of nitrogens with zero attached hydrogens (tertiary/aromatic N) is 3. The molecule has 9 heteroatoms. The fourth-order valence-electron chi connectivity index (χ4n) is 3.38. The molecule has 2 heterocycles. The average molecular weight is 521 g/mol. The van der Waals surface area contributed by atoms with Gasteiger partial charge < -0.3 is 5.32 Å². The van der Waals surface area contributed by atoms with Crippen LogP contribution in [0.3, 0.4) is 0 Å². The van der Waals surface area contributed by atoms with Gasteiger partial charge in [0.15, 0.2) is 8.68 Å². The standard InChI is InChI=1S/C25H20N4OS4/c1-16-28-29-25(32-16)31-15-22(30)26-19-12-13-20-21(14-19)33-24(27-20)34-23(17-8-4-2-5-9-17)18-10-6-3-7-11-18/h2-14,23H,15H2,1H3,(H,26,30). The molecule has 1 amide bonds. The molecule has 5 nitrogen and oxygen atoms in total. The minimum Gasteiger partial charge on any atom is -0.325 e. The van der Waals surface area contributed by atoms with Crippen molar-refractivity contribution in [2.75, 3.05) is 11.1 Å². The summed E-state index contributed by atoms with van der Waals surface area (Å²) in [5.41, 5.74) is 4.20. The predicted octanol–water partition coefficient (Wildman–Crippen LogP) is 7.07. The van der Waals surface area contributed by atoms with E-state index in [4.69, 9.17) is 4.98 Å². The molecule has 0 aliphatic rings. The van der Waals surface area contributed by atoms with E-state index < -0.39 is 0 Å². The van der Waals surface area contributed by atoms with Crippen molar-refractivity contribution < 1.29 is 4.79 Å². The summed E-state index contributed by atoms with van der Waals surface area (Å²) in [4.78, 5) is 17.3. The van der Waals surface area contributed by atoms with Crippen LogP contribution in [0.25, 0.3) is 10.2 Å². The van der Waals surface area contributed by atoms with Crippen molar-refractivity contribution in [2.45, 2.75) is 20.9 Å². The maximum Gasteiger partial charge on any atom is 0.234 e. The van der Waals surface area contributed by atoms with Crippen molar-refractivity contribution >= 4 is 68.0 Å². The van der Waals surface area contributed by atoms with Crippen LogP contribution in [0, 0.1) is 6.92 Å². The molecule has 3 aromatic carbocycles. The summed E-state index contributed by atoms with van der Waals surface area (Å²) >= 11 is 6.29. The van der Waals surface area contributed by atoms with Crippen LogP contribution >= 0.6 is 46.2 Å². The lowest BCUT2D eigenvalue weighted by Crippen LogP contribution is -2.13. The number of carbonyl (C=O) groups is 1. The third kappa shape index (κ3) is 5.67. The van der Waals surface area contributed by atoms with Gasteiger partial charge in [-0.05, 0) is 36.2 Å². The van der Waals surface area contributed by atoms with Crippen molar-refractivity contribution in [1.82, 2.24) is 15.2 Å². The van der Waals surface area contributed by atoms with Gasteiger partial charge >= 0.3 is 0 Å². The molecule has 0 saturated heterocycles. The van der Waals surface area contributed by atoms with E-state index in [1.807, 2.05) is 37.3 Å². The van der Waals surface area contributed by atoms with Gasteiger partial charge in [0.1, 0.15) is 5.01 Å². The van der Waals surface area contributed by atoms with Gasteiger partial charge in [-0.3, -0.25) is 4.79 Å². The lowest BCUT2D eigenvalue weighted by molar-refractivity contribution is -0.113. The van der Waals surface area contributed by atoms with Crippen molar-refractivity contribution in [3.05, 3.63) is 95.0 Å². The number of aromatic nitrogens is 3. The molecule has 2 aromatic heterocycles. The first kappa shape index (κ1) is 23.0. The Balaban J connectivity index is 1.31. The zero-order valence-electron chi connectivity index (χ0n) is 18.2. The fraction of sp³-hybridized carbons (Fsp3) is 0.120. The van der Waals surface area contributed by atoms with Gasteiger partial charge in [-0.2, -0.15) is 0 Å². The molecular weight excluding hydrogens is 501 g/mol. The molecule has 0 saturated carbocycles. The first-order valence-electron chi connectivity index (χ1n) is 10.5. The predicted molar refractivity (Wildman–Crippen MR) is 144 cm³/mol. The summed E-state index contributed by atoms with van der Waals surface area (Å²) in [6.45, 7) is 1.90. The fourth-order valence-corrected chi connectivity index (χ4v) is 7.42. The molecular formula is C25H20N4OS4. The summed E-state index contributed by atoms with van der Waals surface area (Å²) in [5, 5.41) is 12.1. The molecule has 170 valence electrons. The number of rotatable bonds is 8. The normalized spacial score (nSPS) is 11.2. The third-order valence-corrected chi connectivity index (χ3v) is 9.31. The lowest BCUT2D eigenvalue weighted by Gasteiger charge is -2.16. The molecule has 0 unspecified atom stereocenters. The number of anilines is 1. The number of thioether (sulfide) groups is 2. The van der Waals surface area contributed by atoms with E-state index in [0.29, 0.717) is 5.75 Å².